The summed E-state index contributed by atoms with van der Waals surface area (Å²) in [6, 6.07) is 0. The van der Waals surface area contributed by atoms with E-state index in [0.717, 1.165) is 109 Å². The smallest absolute Gasteiger partial charge is 0.312 e. The Morgan fingerprint density at radius 2 is 0.484 bits per heavy atom. The molecule has 8 nitrogen and oxygen atoms in total. The molecule has 12 fully saturated rings. The van der Waals surface area contributed by atoms with E-state index < -0.39 is 97.8 Å². The molecule has 12 rings (SSSR count). The molecule has 8 saturated carbocycles. The van der Waals surface area contributed by atoms with Gasteiger partial charge in [0.1, 0.15) is 22.4 Å². The molecule has 0 aromatic rings. The Hall–Kier alpha value is -0.385. The van der Waals surface area contributed by atoms with Crippen molar-refractivity contribution in [3.63, 3.8) is 0 Å². The maximum Gasteiger partial charge on any atom is 0.312 e. The first-order valence-electron chi connectivity index (χ1n) is 51.4. The van der Waals surface area contributed by atoms with Crippen LogP contribution in [0.5, 0.6) is 0 Å². The third-order valence-corrected chi connectivity index (χ3v) is 125. The molecule has 0 aromatic carbocycles. The van der Waals surface area contributed by atoms with Gasteiger partial charge in [0.15, 0.2) is 0 Å². The van der Waals surface area contributed by atoms with E-state index in [9.17, 15) is 19.2 Å². The van der Waals surface area contributed by atoms with Gasteiger partial charge in [-0.15, -0.1) is 0 Å². The van der Waals surface area contributed by atoms with Gasteiger partial charge in [0.05, 0.1) is 87.3 Å². The average molecular weight is 1920 g/mol. The predicted octanol–water partition coefficient (Wildman–Crippen LogP) is 35.5. The molecule has 4 heterocycles. The summed E-state index contributed by atoms with van der Waals surface area (Å²) in [7, 11) is -14.2. The van der Waals surface area contributed by atoms with E-state index in [1.165, 1.54) is 25.7 Å². The zero-order valence-corrected chi connectivity index (χ0v) is 101. The maximum absolute atomic E-state index is 14.2. The lowest BCUT2D eigenvalue weighted by Crippen LogP contribution is -2.78. The van der Waals surface area contributed by atoms with Gasteiger partial charge >= 0.3 is 23.9 Å². The highest BCUT2D eigenvalue weighted by atomic mass is 28.4. The minimum atomic E-state index is -1.79. The van der Waals surface area contributed by atoms with Gasteiger partial charge in [0.2, 0.25) is 0 Å². The lowest BCUT2D eigenvalue weighted by molar-refractivity contribution is -0.189. The highest BCUT2D eigenvalue weighted by Gasteiger charge is 2.84. The van der Waals surface area contributed by atoms with Crippen LogP contribution < -0.4 is 0 Å². The lowest BCUT2D eigenvalue weighted by atomic mass is 9.59. The summed E-state index contributed by atoms with van der Waals surface area (Å²) in [6.45, 7) is 142. The summed E-state index contributed by atoms with van der Waals surface area (Å²) in [5, 5.41) is 0.364. The highest BCUT2D eigenvalue weighted by molar-refractivity contribution is 7.06. The molecule has 16 heteroatoms. The van der Waals surface area contributed by atoms with Gasteiger partial charge < -0.3 is 18.9 Å². The van der Waals surface area contributed by atoms with Crippen molar-refractivity contribution < 1.29 is 38.1 Å². The Bertz CT molecular complexity index is 3980. The third kappa shape index (κ3) is 13.8. The van der Waals surface area contributed by atoms with Crippen LogP contribution in [-0.4, -0.2) is 111 Å². The molecule has 8 aliphatic carbocycles. The maximum atomic E-state index is 14.2. The molecule has 4 saturated heterocycles. The van der Waals surface area contributed by atoms with Crippen molar-refractivity contribution in [1.29, 1.82) is 0 Å². The van der Waals surface area contributed by atoms with Gasteiger partial charge in [0.25, 0.3) is 0 Å². The molecule has 12 aliphatic rings. The van der Waals surface area contributed by atoms with Gasteiger partial charge in [-0.3, -0.25) is 19.2 Å². The zero-order valence-electron chi connectivity index (χ0n) is 93.3. The molecule has 752 valence electrons. The summed E-state index contributed by atoms with van der Waals surface area (Å²) >= 11 is 0. The second kappa shape index (κ2) is 33.1. The predicted molar refractivity (Wildman–Crippen MR) is 582 cm³/mol. The van der Waals surface area contributed by atoms with Crippen molar-refractivity contribution in [3.05, 3.63) is 0 Å². The number of ether oxygens (including phenoxy) is 4. The van der Waals surface area contributed by atoms with Crippen LogP contribution in [0.2, 0.25) is 164 Å². The second-order valence-electron chi connectivity index (χ2n) is 59.8. The SMILES string of the molecule is C.C.C.C.CC1C(C)C2CC1C1C3CC(C(=O)OC(C)(C)C4(C)C(C)(C)[Si](C)(C)C(C)(C)[Si](C)(C)C4(C)C)C(C3)C21.CC1C(C)C2CC1C1C3CC(C(=O)OC4(C)C(C)(C)[Si](C)(C)C(C)(C)[Si](C)(C)C4(C)C)C(C3)C21.CCC(C)(C)C(=O)OC(C)(C)C1(C)C(C)(C)[Si](C)(C)C(C)(C)[Si](C)(C)C1(C)C.CCC(C)(C)C(=O)OC1(C)C(C)(C)[Si](C)(C)C(C)(C)[Si](C)(C)C1(C)C. The Balaban J connectivity index is 0.000000303. The fraction of sp³-hybridized carbons (Fsp3) is 0.964. The molecule has 128 heavy (non-hydrogen) atoms. The quantitative estimate of drug-likeness (QED) is 0.0824. The minimum absolute atomic E-state index is 0. The summed E-state index contributed by atoms with van der Waals surface area (Å²) in [6.07, 6.45) is 9.28. The van der Waals surface area contributed by atoms with Crippen molar-refractivity contribution in [1.82, 2.24) is 0 Å². The van der Waals surface area contributed by atoms with Gasteiger partial charge in [-0.25, -0.2) is 0 Å². The third-order valence-electron chi connectivity index (χ3n) is 55.7. The molecule has 4 aliphatic heterocycles. The van der Waals surface area contributed by atoms with E-state index in [-0.39, 0.29) is 117 Å². The fourth-order valence-corrected chi connectivity index (χ4v) is 94.9. The highest BCUT2D eigenvalue weighted by Crippen LogP contribution is 2.86. The Morgan fingerprint density at radius 3 is 0.734 bits per heavy atom. The first kappa shape index (κ1) is 118. The van der Waals surface area contributed by atoms with Crippen molar-refractivity contribution in [2.45, 2.75) is 558 Å². The van der Waals surface area contributed by atoms with Crippen molar-refractivity contribution in [2.75, 3.05) is 0 Å². The second-order valence-corrected chi connectivity index (χ2v) is 108. The molecule has 0 aromatic heterocycles. The zero-order chi connectivity index (χ0) is 97.2. The van der Waals surface area contributed by atoms with Crippen molar-refractivity contribution in [3.8, 4) is 0 Å². The van der Waals surface area contributed by atoms with E-state index in [2.05, 4.69) is 368 Å². The largest absolute Gasteiger partial charge is 0.459 e. The van der Waals surface area contributed by atoms with Gasteiger partial charge in [-0.1, -0.05) is 356 Å². The average Bonchev–Trinajstić information content (AvgIpc) is 1.09. The number of esters is 4. The molecule has 0 spiro atoms. The van der Waals surface area contributed by atoms with Gasteiger partial charge in [-0.05, 0) is 274 Å². The Labute approximate surface area is 806 Å². The van der Waals surface area contributed by atoms with Gasteiger partial charge in [0, 0.05) is 10.8 Å². The van der Waals surface area contributed by atoms with Crippen LogP contribution in [0.3, 0.4) is 0 Å². The lowest BCUT2D eigenvalue weighted by Gasteiger charge is -2.78. The first-order valence-corrected chi connectivity index (χ1v) is 75.4. The molecular formula is C112H224O8Si8. The van der Waals surface area contributed by atoms with Crippen LogP contribution in [0, 0.1) is 128 Å². The number of rotatable bonds is 12. The molecular weight excluding hydrogens is 1700 g/mol. The number of carbonyl (C=O) groups is 4. The topological polar surface area (TPSA) is 105 Å². The van der Waals surface area contributed by atoms with Crippen LogP contribution in [-0.2, 0) is 38.1 Å². The molecule has 8 bridgehead atoms. The van der Waals surface area contributed by atoms with Crippen LogP contribution in [0.15, 0.2) is 0 Å². The fourth-order valence-electron chi connectivity index (χ4n) is 35.7. The molecule has 0 N–H and O–H groups in total. The summed E-state index contributed by atoms with van der Waals surface area (Å²) in [5.41, 5.74) is -3.06. The number of hydrogen-bond acceptors (Lipinski definition) is 8. The summed E-state index contributed by atoms with van der Waals surface area (Å²) < 4.78 is 28.4. The van der Waals surface area contributed by atoms with Crippen LogP contribution in [0.1, 0.15) is 372 Å². The molecule has 18 atom stereocenters. The first-order chi connectivity index (χ1) is 54.4. The molecule has 0 amide bonds. The minimum Gasteiger partial charge on any atom is -0.459 e. The number of fused-ring (bicyclic) bond motifs is 18. The monoisotopic (exact) mass is 1920 g/mol. The van der Waals surface area contributed by atoms with Gasteiger partial charge in [-0.2, -0.15) is 0 Å². The van der Waals surface area contributed by atoms with Crippen LogP contribution in [0.4, 0.5) is 0 Å². The summed E-state index contributed by atoms with van der Waals surface area (Å²) in [4.78, 5) is 54.8. The van der Waals surface area contributed by atoms with E-state index in [1.807, 2.05) is 27.7 Å². The van der Waals surface area contributed by atoms with E-state index in [0.29, 0.717) is 30.5 Å². The Kier molecular flexibility index (Phi) is 30.6. The molecule has 0 radical (unpaired) electrons. The van der Waals surface area contributed by atoms with Crippen molar-refractivity contribution >= 4 is 88.5 Å². The van der Waals surface area contributed by atoms with Crippen LogP contribution in [0.25, 0.3) is 0 Å². The standard InChI is InChI=1S/C33H60O2Si2.C30H54O2Si2.C24H50O2Si2.C21H44O2Si2.4CH4/c1-19-20(2)23-18-22(19)26-21-16-24(27(23)26)25(17-21)28(34)35-29(3,4)33(11)30(5,6)36(12,13)32(9,10)37(14,15)31(33,7)8;1-17-18(2)21-16-20(17)24-19-14-22(25(21)24)23(15-19)26(31)32-30(9)27(3,4)33(10,11)29(7,8)34(12,13)28(30,5)6;1-17-19(2,3)18(25)26-20(4,5)24(12)21(6,7)27(13,14)23(10,11)28(15,16)22(24,8)9;1-15-17(2,3)16(22)23-21(10)18(4,5)24(11,12)20(8,9)25(13,14)19(21,6)7;;;;/h19-27H,16-18H2,1-15H3;17-25H,14-16H2,1-13H3;17H2,1-16H3;15H2,1-14H3;4*1H4. The van der Waals surface area contributed by atoms with Crippen molar-refractivity contribution in [2.24, 2.45) is 128 Å². The molecule has 18 unspecified atom stereocenters. The summed E-state index contributed by atoms with van der Waals surface area (Å²) in [5.74, 6) is 13.7. The number of hydrogen-bond donors (Lipinski definition) is 0. The number of carbonyl (C=O) groups excluding carboxylic acids is 4. The van der Waals surface area contributed by atoms with E-state index in [4.69, 9.17) is 18.9 Å². The van der Waals surface area contributed by atoms with E-state index >= 15 is 0 Å². The normalized spacial score (nSPS) is 38.2. The van der Waals surface area contributed by atoms with E-state index in [1.54, 1.807) is 0 Å². The Morgan fingerprint density at radius 1 is 0.273 bits per heavy atom. The van der Waals surface area contributed by atoms with Crippen LogP contribution >= 0.6 is 0 Å².